The Balaban J connectivity index is 1.85. The highest BCUT2D eigenvalue weighted by Gasteiger charge is 1.97. The maximum atomic E-state index is 5.67. The Hall–Kier alpha value is -1.64. The molecule has 0 bridgehead atoms. The molecule has 20 heavy (non-hydrogen) atoms. The molecule has 104 valence electrons. The van der Waals surface area contributed by atoms with Crippen LogP contribution in [-0.4, -0.2) is 4.84 Å². The summed E-state index contributed by atoms with van der Waals surface area (Å²) in [6.45, 7) is 0.543. The van der Waals surface area contributed by atoms with Crippen molar-refractivity contribution in [3.8, 4) is 11.5 Å². The van der Waals surface area contributed by atoms with Crippen molar-refractivity contribution in [3.05, 3.63) is 72.5 Å². The fraction of sp³-hybridized carbons (Fsp3) is 0.125. The van der Waals surface area contributed by atoms with Gasteiger partial charge in [0.05, 0.1) is 6.26 Å². The fourth-order valence-corrected chi connectivity index (χ4v) is 1.65. The van der Waals surface area contributed by atoms with E-state index in [1.54, 1.807) is 6.08 Å². The van der Waals surface area contributed by atoms with Crippen molar-refractivity contribution in [1.29, 1.82) is 0 Å². The molecule has 0 heterocycles. The van der Waals surface area contributed by atoms with Gasteiger partial charge in [-0.2, -0.15) is 0 Å². The van der Waals surface area contributed by atoms with Crippen molar-refractivity contribution < 1.29 is 9.47 Å². The largest absolute Gasteiger partial charge is 0.489 e. The number of hydrogen-bond acceptors (Lipinski definition) is 2. The monoisotopic (exact) mass is 308 g/mol. The zero-order valence-electron chi connectivity index (χ0n) is 10.7. The summed E-state index contributed by atoms with van der Waals surface area (Å²) in [4.78, 5) is -0.566. The van der Waals surface area contributed by atoms with E-state index < -0.39 is 4.84 Å². The number of allylic oxidation sites excluding steroid dienone is 1. The predicted octanol–water partition coefficient (Wildman–Crippen LogP) is 4.96. The third-order valence-corrected chi connectivity index (χ3v) is 2.79. The predicted molar refractivity (Wildman–Crippen MR) is 82.5 cm³/mol. The number of benzene rings is 2. The minimum Gasteiger partial charge on any atom is -0.489 e. The summed E-state index contributed by atoms with van der Waals surface area (Å²) in [5, 5.41) is 0. The van der Waals surface area contributed by atoms with Crippen LogP contribution in [0, 0.1) is 0 Å². The van der Waals surface area contributed by atoms with Gasteiger partial charge in [0.15, 0.2) is 0 Å². The van der Waals surface area contributed by atoms with E-state index in [2.05, 4.69) is 0 Å². The van der Waals surface area contributed by atoms with Crippen LogP contribution in [0.3, 0.4) is 0 Å². The van der Waals surface area contributed by atoms with Gasteiger partial charge >= 0.3 is 0 Å². The van der Waals surface area contributed by atoms with E-state index in [4.69, 9.17) is 32.7 Å². The average molecular weight is 309 g/mol. The van der Waals surface area contributed by atoms with Gasteiger partial charge in [-0.1, -0.05) is 30.3 Å². The van der Waals surface area contributed by atoms with Gasteiger partial charge in [-0.3, -0.25) is 0 Å². The van der Waals surface area contributed by atoms with Gasteiger partial charge in [-0.05, 0) is 35.9 Å². The third-order valence-electron chi connectivity index (χ3n) is 2.50. The van der Waals surface area contributed by atoms with E-state index >= 15 is 0 Å². The van der Waals surface area contributed by atoms with Gasteiger partial charge in [-0.25, -0.2) is 0 Å². The normalized spacial score (nSPS) is 10.9. The van der Waals surface area contributed by atoms with Crippen LogP contribution >= 0.6 is 23.2 Å². The summed E-state index contributed by atoms with van der Waals surface area (Å²) in [5.41, 5.74) is 1.13. The molecule has 0 unspecified atom stereocenters. The van der Waals surface area contributed by atoms with Crippen molar-refractivity contribution in [2.75, 3.05) is 0 Å². The molecule has 0 radical (unpaired) electrons. The second-order valence-corrected chi connectivity index (χ2v) is 5.19. The van der Waals surface area contributed by atoms with Crippen LogP contribution < -0.4 is 9.47 Å². The fourth-order valence-electron chi connectivity index (χ4n) is 1.53. The number of alkyl halides is 2. The van der Waals surface area contributed by atoms with Crippen LogP contribution in [0.2, 0.25) is 0 Å². The summed E-state index contributed by atoms with van der Waals surface area (Å²) in [5.74, 6) is 1.49. The molecule has 0 saturated carbocycles. The van der Waals surface area contributed by atoms with Crippen LogP contribution in [0.1, 0.15) is 5.56 Å². The zero-order chi connectivity index (χ0) is 14.2. The van der Waals surface area contributed by atoms with E-state index in [9.17, 15) is 0 Å². The highest BCUT2D eigenvalue weighted by atomic mass is 35.5. The van der Waals surface area contributed by atoms with E-state index in [1.165, 1.54) is 6.26 Å². The molecule has 0 saturated heterocycles. The highest BCUT2D eigenvalue weighted by Crippen LogP contribution is 2.19. The second-order valence-electron chi connectivity index (χ2n) is 4.03. The molecule has 0 spiro atoms. The van der Waals surface area contributed by atoms with Crippen molar-refractivity contribution >= 4 is 23.2 Å². The lowest BCUT2D eigenvalue weighted by atomic mass is 10.2. The topological polar surface area (TPSA) is 18.5 Å². The van der Waals surface area contributed by atoms with Crippen LogP contribution in [0.15, 0.2) is 66.9 Å². The summed E-state index contributed by atoms with van der Waals surface area (Å²) < 4.78 is 11.0. The number of rotatable bonds is 6. The minimum atomic E-state index is -0.566. The smallest absolute Gasteiger partial charge is 0.129 e. The first-order valence-corrected chi connectivity index (χ1v) is 6.99. The summed E-state index contributed by atoms with van der Waals surface area (Å²) in [6.07, 6.45) is 3.01. The van der Waals surface area contributed by atoms with E-state index in [0.29, 0.717) is 12.4 Å². The van der Waals surface area contributed by atoms with Gasteiger partial charge in [0.2, 0.25) is 0 Å². The molecular weight excluding hydrogens is 295 g/mol. The maximum Gasteiger partial charge on any atom is 0.129 e. The Kier molecular flexibility index (Phi) is 5.78. The molecule has 0 aliphatic heterocycles. The van der Waals surface area contributed by atoms with Gasteiger partial charge in [-0.15, -0.1) is 23.2 Å². The van der Waals surface area contributed by atoms with Gasteiger partial charge in [0.1, 0.15) is 22.9 Å². The third kappa shape index (κ3) is 5.16. The van der Waals surface area contributed by atoms with Gasteiger partial charge in [0.25, 0.3) is 0 Å². The molecule has 2 nitrogen and oxygen atoms in total. The molecule has 4 heteroatoms. The van der Waals surface area contributed by atoms with Crippen LogP contribution in [-0.2, 0) is 6.61 Å². The molecule has 2 rings (SSSR count). The molecule has 0 atom stereocenters. The molecule has 0 aliphatic carbocycles. The van der Waals surface area contributed by atoms with Crippen molar-refractivity contribution in [2.45, 2.75) is 11.4 Å². The van der Waals surface area contributed by atoms with E-state index in [-0.39, 0.29) is 0 Å². The first-order chi connectivity index (χ1) is 9.74. The summed E-state index contributed by atoms with van der Waals surface area (Å²) >= 11 is 11.1. The van der Waals surface area contributed by atoms with E-state index in [0.717, 1.165) is 11.3 Å². The zero-order valence-corrected chi connectivity index (χ0v) is 12.2. The Bertz CT molecular complexity index is 536. The number of ether oxygens (including phenoxy) is 2. The SMILES string of the molecule is ClC(Cl)/C=C\Oc1ccc(OCc2ccccc2)cc1. The lowest BCUT2D eigenvalue weighted by molar-refractivity contribution is 0.306. The van der Waals surface area contributed by atoms with Gasteiger partial charge < -0.3 is 9.47 Å². The van der Waals surface area contributed by atoms with Crippen LogP contribution in [0.4, 0.5) is 0 Å². The van der Waals surface area contributed by atoms with Crippen LogP contribution in [0.5, 0.6) is 11.5 Å². The van der Waals surface area contributed by atoms with Crippen LogP contribution in [0.25, 0.3) is 0 Å². The minimum absolute atomic E-state index is 0.543. The average Bonchev–Trinajstić information content (AvgIpc) is 2.47. The Labute approximate surface area is 128 Å². The van der Waals surface area contributed by atoms with Crippen molar-refractivity contribution in [1.82, 2.24) is 0 Å². The molecule has 2 aromatic rings. The number of halogens is 2. The Morgan fingerprint density at radius 1 is 0.900 bits per heavy atom. The number of hydrogen-bond donors (Lipinski definition) is 0. The van der Waals surface area contributed by atoms with E-state index in [1.807, 2.05) is 54.6 Å². The summed E-state index contributed by atoms with van der Waals surface area (Å²) in [6, 6.07) is 17.4. The molecule has 0 aliphatic rings. The molecule has 0 N–H and O–H groups in total. The molecule has 2 aromatic carbocycles. The van der Waals surface area contributed by atoms with Crippen molar-refractivity contribution in [3.63, 3.8) is 0 Å². The molecular formula is C16H14Cl2O2. The standard InChI is InChI=1S/C16H14Cl2O2/c17-16(18)10-11-19-14-6-8-15(9-7-14)20-12-13-4-2-1-3-5-13/h1-11,16H,12H2/b11-10-. The quantitative estimate of drug-likeness (QED) is 0.554. The maximum absolute atomic E-state index is 5.67. The molecule has 0 fully saturated rings. The molecule has 0 aromatic heterocycles. The first-order valence-electron chi connectivity index (χ1n) is 6.12. The Morgan fingerprint density at radius 3 is 2.20 bits per heavy atom. The molecule has 0 amide bonds. The lowest BCUT2D eigenvalue weighted by Crippen LogP contribution is -1.94. The Morgan fingerprint density at radius 2 is 1.55 bits per heavy atom. The lowest BCUT2D eigenvalue weighted by Gasteiger charge is -2.07. The second kappa shape index (κ2) is 7.83. The highest BCUT2D eigenvalue weighted by molar-refractivity contribution is 6.45. The first kappa shape index (κ1) is 14.8. The van der Waals surface area contributed by atoms with Gasteiger partial charge in [0, 0.05) is 0 Å². The summed E-state index contributed by atoms with van der Waals surface area (Å²) in [7, 11) is 0. The van der Waals surface area contributed by atoms with Crippen molar-refractivity contribution in [2.24, 2.45) is 0 Å².